The van der Waals surface area contributed by atoms with Gasteiger partial charge in [0.1, 0.15) is 11.4 Å². The second kappa shape index (κ2) is 4.70. The van der Waals surface area contributed by atoms with Crippen LogP contribution in [0, 0.1) is 0 Å². The van der Waals surface area contributed by atoms with Crippen LogP contribution in [0.15, 0.2) is 42.5 Å². The molecule has 0 unspecified atom stereocenters. The van der Waals surface area contributed by atoms with Crippen molar-refractivity contribution >= 4 is 16.9 Å². The lowest BCUT2D eigenvalue weighted by atomic mass is 10.0. The maximum Gasteiger partial charge on any atom is 0.336 e. The zero-order valence-electron chi connectivity index (χ0n) is 10.8. The molecule has 2 aromatic carbocycles. The molecule has 3 rings (SSSR count). The lowest BCUT2D eigenvalue weighted by Crippen LogP contribution is -1.97. The van der Waals surface area contributed by atoms with E-state index >= 15 is 0 Å². The van der Waals surface area contributed by atoms with E-state index in [0.717, 1.165) is 11.3 Å². The average molecular weight is 268 g/mol. The number of aromatic amines is 1. The molecule has 5 nitrogen and oxygen atoms in total. The summed E-state index contributed by atoms with van der Waals surface area (Å²) in [5.41, 5.74) is 2.41. The summed E-state index contributed by atoms with van der Waals surface area (Å²) in [6.07, 6.45) is 0. The number of hydrogen-bond donors (Lipinski definition) is 2. The molecule has 0 aliphatic carbocycles. The summed E-state index contributed by atoms with van der Waals surface area (Å²) in [5, 5.41) is 17.0. The number of nitrogens with one attached hydrogen (secondary N) is 1. The van der Waals surface area contributed by atoms with Crippen LogP contribution in [0.25, 0.3) is 22.2 Å². The Kier molecular flexibility index (Phi) is 2.87. The van der Waals surface area contributed by atoms with Gasteiger partial charge in [-0.3, -0.25) is 5.10 Å². The standard InChI is InChI=1S/C15H12N2O3/c1-20-10-7-5-9(6-8-10)14-13-11(15(18)19)3-2-4-12(13)16-17-14/h2-8H,1H3,(H,16,17)(H,18,19). The number of ether oxygens (including phenoxy) is 1. The number of methoxy groups -OCH3 is 1. The Morgan fingerprint density at radius 2 is 1.95 bits per heavy atom. The number of hydrogen-bond acceptors (Lipinski definition) is 3. The van der Waals surface area contributed by atoms with E-state index in [1.54, 1.807) is 19.2 Å². The van der Waals surface area contributed by atoms with E-state index in [2.05, 4.69) is 10.2 Å². The molecule has 0 bridgehead atoms. The smallest absolute Gasteiger partial charge is 0.336 e. The molecule has 3 aromatic rings. The normalized spacial score (nSPS) is 10.7. The van der Waals surface area contributed by atoms with E-state index in [0.29, 0.717) is 16.6 Å². The van der Waals surface area contributed by atoms with Gasteiger partial charge in [0.15, 0.2) is 0 Å². The van der Waals surface area contributed by atoms with E-state index in [1.807, 2.05) is 30.3 Å². The molecule has 20 heavy (non-hydrogen) atoms. The van der Waals surface area contributed by atoms with Crippen LogP contribution in [0.5, 0.6) is 5.75 Å². The highest BCUT2D eigenvalue weighted by Gasteiger charge is 2.16. The first-order chi connectivity index (χ1) is 9.70. The van der Waals surface area contributed by atoms with Crippen LogP contribution in [-0.4, -0.2) is 28.4 Å². The van der Waals surface area contributed by atoms with Crippen molar-refractivity contribution in [1.82, 2.24) is 10.2 Å². The number of nitrogens with zero attached hydrogens (tertiary/aromatic N) is 1. The first kappa shape index (κ1) is 12.2. The molecule has 0 aliphatic heterocycles. The van der Waals surface area contributed by atoms with Crippen molar-refractivity contribution in [3.8, 4) is 17.0 Å². The molecular weight excluding hydrogens is 256 g/mol. The fraction of sp³-hybridized carbons (Fsp3) is 0.0667. The summed E-state index contributed by atoms with van der Waals surface area (Å²) in [5.74, 6) is -0.223. The van der Waals surface area contributed by atoms with Crippen molar-refractivity contribution < 1.29 is 14.6 Å². The number of fused-ring (bicyclic) bond motifs is 1. The van der Waals surface area contributed by atoms with Crippen LogP contribution in [0.2, 0.25) is 0 Å². The Labute approximate surface area is 114 Å². The monoisotopic (exact) mass is 268 g/mol. The van der Waals surface area contributed by atoms with Crippen molar-refractivity contribution in [1.29, 1.82) is 0 Å². The maximum absolute atomic E-state index is 11.3. The molecular formula is C15H12N2O3. The van der Waals surface area contributed by atoms with Gasteiger partial charge in [0, 0.05) is 10.9 Å². The first-order valence-corrected chi connectivity index (χ1v) is 6.05. The Balaban J connectivity index is 2.22. The highest BCUT2D eigenvalue weighted by atomic mass is 16.5. The largest absolute Gasteiger partial charge is 0.497 e. The lowest BCUT2D eigenvalue weighted by Gasteiger charge is -2.03. The van der Waals surface area contributed by atoms with Gasteiger partial charge in [-0.15, -0.1) is 0 Å². The molecule has 100 valence electrons. The zero-order chi connectivity index (χ0) is 14.1. The van der Waals surface area contributed by atoms with Crippen LogP contribution in [-0.2, 0) is 0 Å². The van der Waals surface area contributed by atoms with Crippen molar-refractivity contribution in [3.63, 3.8) is 0 Å². The molecule has 0 radical (unpaired) electrons. The fourth-order valence-electron chi connectivity index (χ4n) is 2.21. The highest BCUT2D eigenvalue weighted by Crippen LogP contribution is 2.30. The summed E-state index contributed by atoms with van der Waals surface area (Å²) in [6, 6.07) is 12.4. The number of aromatic carboxylic acids is 1. The Morgan fingerprint density at radius 1 is 1.20 bits per heavy atom. The lowest BCUT2D eigenvalue weighted by molar-refractivity contribution is 0.0699. The number of carbonyl (C=O) groups is 1. The Hall–Kier alpha value is -2.82. The van der Waals surface area contributed by atoms with Gasteiger partial charge in [-0.05, 0) is 36.4 Å². The number of carboxylic acids is 1. The third kappa shape index (κ3) is 1.89. The average Bonchev–Trinajstić information content (AvgIpc) is 2.91. The molecule has 0 saturated carbocycles. The summed E-state index contributed by atoms with van der Waals surface area (Å²) >= 11 is 0. The second-order valence-electron chi connectivity index (χ2n) is 4.33. The molecule has 0 fully saturated rings. The first-order valence-electron chi connectivity index (χ1n) is 6.05. The van der Waals surface area contributed by atoms with E-state index in [-0.39, 0.29) is 5.56 Å². The van der Waals surface area contributed by atoms with Gasteiger partial charge in [0.2, 0.25) is 0 Å². The molecule has 1 heterocycles. The minimum absolute atomic E-state index is 0.238. The van der Waals surface area contributed by atoms with E-state index in [1.165, 1.54) is 0 Å². The van der Waals surface area contributed by atoms with Gasteiger partial charge in [-0.2, -0.15) is 5.10 Å². The predicted molar refractivity (Wildman–Crippen MR) is 75.0 cm³/mol. The number of H-pyrrole nitrogens is 1. The topological polar surface area (TPSA) is 75.2 Å². The molecule has 0 atom stereocenters. The third-order valence-corrected chi connectivity index (χ3v) is 3.18. The summed E-state index contributed by atoms with van der Waals surface area (Å²) in [7, 11) is 1.60. The number of benzene rings is 2. The van der Waals surface area contributed by atoms with Crippen LogP contribution in [0.4, 0.5) is 0 Å². The van der Waals surface area contributed by atoms with Gasteiger partial charge in [-0.25, -0.2) is 4.79 Å². The summed E-state index contributed by atoms with van der Waals surface area (Å²) in [6.45, 7) is 0. The minimum Gasteiger partial charge on any atom is -0.497 e. The molecule has 2 N–H and O–H groups in total. The van der Waals surface area contributed by atoms with Crippen molar-refractivity contribution in [2.45, 2.75) is 0 Å². The van der Waals surface area contributed by atoms with Gasteiger partial charge in [-0.1, -0.05) is 6.07 Å². The Bertz CT molecular complexity index is 775. The quantitative estimate of drug-likeness (QED) is 0.765. The van der Waals surface area contributed by atoms with Gasteiger partial charge >= 0.3 is 5.97 Å². The van der Waals surface area contributed by atoms with Crippen LogP contribution >= 0.6 is 0 Å². The zero-order valence-corrected chi connectivity index (χ0v) is 10.8. The molecule has 1 aromatic heterocycles. The Morgan fingerprint density at radius 3 is 2.60 bits per heavy atom. The molecule has 0 aliphatic rings. The van der Waals surface area contributed by atoms with Crippen molar-refractivity contribution in [3.05, 3.63) is 48.0 Å². The highest BCUT2D eigenvalue weighted by molar-refractivity contribution is 6.08. The van der Waals surface area contributed by atoms with E-state index in [4.69, 9.17) is 4.74 Å². The van der Waals surface area contributed by atoms with Crippen LogP contribution in [0.3, 0.4) is 0 Å². The summed E-state index contributed by atoms with van der Waals surface area (Å²) in [4.78, 5) is 11.3. The van der Waals surface area contributed by atoms with Gasteiger partial charge in [0.05, 0.1) is 18.2 Å². The molecule has 0 amide bonds. The van der Waals surface area contributed by atoms with Crippen LogP contribution in [0.1, 0.15) is 10.4 Å². The SMILES string of the molecule is COc1ccc(-c2n[nH]c3cccc(C(=O)O)c23)cc1. The third-order valence-electron chi connectivity index (χ3n) is 3.18. The molecule has 5 heteroatoms. The number of rotatable bonds is 3. The molecule has 0 spiro atoms. The summed E-state index contributed by atoms with van der Waals surface area (Å²) < 4.78 is 5.11. The van der Waals surface area contributed by atoms with Crippen LogP contribution < -0.4 is 4.74 Å². The minimum atomic E-state index is -0.966. The van der Waals surface area contributed by atoms with E-state index < -0.39 is 5.97 Å². The van der Waals surface area contributed by atoms with E-state index in [9.17, 15) is 9.90 Å². The molecule has 0 saturated heterocycles. The van der Waals surface area contributed by atoms with Gasteiger partial charge in [0.25, 0.3) is 0 Å². The van der Waals surface area contributed by atoms with Crippen molar-refractivity contribution in [2.75, 3.05) is 7.11 Å². The second-order valence-corrected chi connectivity index (χ2v) is 4.33. The number of aromatic nitrogens is 2. The maximum atomic E-state index is 11.3. The number of carboxylic acid groups (broad SMARTS) is 1. The predicted octanol–water partition coefficient (Wildman–Crippen LogP) is 2.94. The fourth-order valence-corrected chi connectivity index (χ4v) is 2.21. The van der Waals surface area contributed by atoms with Crippen molar-refractivity contribution in [2.24, 2.45) is 0 Å². The van der Waals surface area contributed by atoms with Gasteiger partial charge < -0.3 is 9.84 Å².